The topological polar surface area (TPSA) is 29.5 Å². The van der Waals surface area contributed by atoms with Gasteiger partial charge in [-0.3, -0.25) is 9.69 Å². The van der Waals surface area contributed by atoms with E-state index in [0.29, 0.717) is 13.2 Å². The van der Waals surface area contributed by atoms with Crippen molar-refractivity contribution < 1.29 is 9.53 Å². The Balaban J connectivity index is 2.24. The summed E-state index contributed by atoms with van der Waals surface area (Å²) in [5.41, 5.74) is 1.37. The molecule has 3 heteroatoms. The van der Waals surface area contributed by atoms with E-state index < -0.39 is 0 Å². The summed E-state index contributed by atoms with van der Waals surface area (Å²) < 4.78 is 4.98. The number of benzene rings is 1. The van der Waals surface area contributed by atoms with Crippen LogP contribution < -0.4 is 0 Å². The summed E-state index contributed by atoms with van der Waals surface area (Å²) >= 11 is 0. The second-order valence-electron chi connectivity index (χ2n) is 4.77. The van der Waals surface area contributed by atoms with Crippen molar-refractivity contribution in [1.29, 1.82) is 0 Å². The first-order valence-electron chi connectivity index (χ1n) is 7.29. The summed E-state index contributed by atoms with van der Waals surface area (Å²) in [5.74, 6) is -0.155. The molecule has 0 fully saturated rings. The largest absolute Gasteiger partial charge is 0.465 e. The molecule has 0 heterocycles. The molecule has 0 aromatic heterocycles. The van der Waals surface area contributed by atoms with Crippen molar-refractivity contribution >= 4 is 5.97 Å². The van der Waals surface area contributed by atoms with Crippen molar-refractivity contribution in [3.8, 4) is 0 Å². The molecule has 0 aliphatic carbocycles. The highest BCUT2D eigenvalue weighted by Crippen LogP contribution is 2.05. The summed E-state index contributed by atoms with van der Waals surface area (Å²) in [6, 6.07) is 10.5. The lowest BCUT2D eigenvalue weighted by atomic mass is 10.1. The Labute approximate surface area is 122 Å². The average Bonchev–Trinajstić information content (AvgIpc) is 2.45. The summed E-state index contributed by atoms with van der Waals surface area (Å²) in [7, 11) is 0. The maximum absolute atomic E-state index is 11.5. The summed E-state index contributed by atoms with van der Waals surface area (Å²) in [5, 5.41) is 0. The van der Waals surface area contributed by atoms with Gasteiger partial charge >= 0.3 is 5.97 Å². The van der Waals surface area contributed by atoms with E-state index in [-0.39, 0.29) is 5.97 Å². The first-order valence-corrected chi connectivity index (χ1v) is 7.29. The Morgan fingerprint density at radius 1 is 1.30 bits per heavy atom. The summed E-state index contributed by atoms with van der Waals surface area (Å²) in [6.07, 6.45) is 5.11. The molecule has 0 aliphatic rings. The van der Waals surface area contributed by atoms with E-state index in [1.807, 2.05) is 19.1 Å². The predicted molar refractivity (Wildman–Crippen MR) is 82.7 cm³/mol. The molecular weight excluding hydrogens is 250 g/mol. The number of aryl methyl sites for hydroxylation is 1. The summed E-state index contributed by atoms with van der Waals surface area (Å²) in [6.45, 7) is 7.98. The zero-order chi connectivity index (χ0) is 14.6. The molecule has 0 atom stereocenters. The number of ether oxygens (including phenoxy) is 1. The molecule has 0 amide bonds. The molecular formula is C17H25NO2. The Hall–Kier alpha value is -1.61. The monoisotopic (exact) mass is 275 g/mol. The third-order valence-electron chi connectivity index (χ3n) is 3.08. The molecule has 110 valence electrons. The average molecular weight is 275 g/mol. The van der Waals surface area contributed by atoms with Crippen molar-refractivity contribution in [3.63, 3.8) is 0 Å². The van der Waals surface area contributed by atoms with Crippen LogP contribution in [0.25, 0.3) is 0 Å². The van der Waals surface area contributed by atoms with Crippen LogP contribution in [0.5, 0.6) is 0 Å². The van der Waals surface area contributed by atoms with Gasteiger partial charge in [-0.25, -0.2) is 0 Å². The van der Waals surface area contributed by atoms with Crippen LogP contribution in [0.3, 0.4) is 0 Å². The second-order valence-corrected chi connectivity index (χ2v) is 4.77. The zero-order valence-electron chi connectivity index (χ0n) is 12.4. The minimum absolute atomic E-state index is 0.155. The number of hydrogen-bond acceptors (Lipinski definition) is 3. The minimum Gasteiger partial charge on any atom is -0.465 e. The van der Waals surface area contributed by atoms with Crippen molar-refractivity contribution in [2.24, 2.45) is 0 Å². The van der Waals surface area contributed by atoms with Crippen LogP contribution in [-0.4, -0.2) is 37.1 Å². The van der Waals surface area contributed by atoms with Crippen LogP contribution in [0.15, 0.2) is 43.0 Å². The number of carbonyl (C=O) groups excluding carboxylic acids is 1. The predicted octanol–water partition coefficient (Wildman–Crippen LogP) is 3.06. The number of nitrogens with zero attached hydrogens (tertiary/aromatic N) is 1. The van der Waals surface area contributed by atoms with E-state index >= 15 is 0 Å². The van der Waals surface area contributed by atoms with Gasteiger partial charge in [0.15, 0.2) is 0 Å². The summed E-state index contributed by atoms with van der Waals surface area (Å²) in [4.78, 5) is 13.6. The Kier molecular flexibility index (Phi) is 8.40. The lowest BCUT2D eigenvalue weighted by Gasteiger charge is -2.19. The molecule has 1 aromatic rings. The van der Waals surface area contributed by atoms with Crippen molar-refractivity contribution in [2.45, 2.75) is 26.2 Å². The molecule has 1 rings (SSSR count). The van der Waals surface area contributed by atoms with Crippen LogP contribution in [0.2, 0.25) is 0 Å². The highest BCUT2D eigenvalue weighted by molar-refractivity contribution is 5.71. The first-order chi connectivity index (χ1) is 9.76. The number of unbranched alkanes of at least 4 members (excludes halogenated alkanes) is 1. The van der Waals surface area contributed by atoms with Crippen LogP contribution in [0, 0.1) is 0 Å². The van der Waals surface area contributed by atoms with Gasteiger partial charge in [0.1, 0.15) is 0 Å². The van der Waals surface area contributed by atoms with Crippen molar-refractivity contribution in [2.75, 3.05) is 26.2 Å². The van der Waals surface area contributed by atoms with Gasteiger partial charge in [0.05, 0.1) is 13.2 Å². The van der Waals surface area contributed by atoms with Gasteiger partial charge in [-0.2, -0.15) is 0 Å². The normalized spacial score (nSPS) is 10.5. The SMILES string of the molecule is C=CCN(CCCCc1ccccc1)CC(=O)OCC. The lowest BCUT2D eigenvalue weighted by molar-refractivity contribution is -0.144. The first kappa shape index (κ1) is 16.4. The van der Waals surface area contributed by atoms with Crippen LogP contribution in [-0.2, 0) is 16.0 Å². The molecule has 0 saturated carbocycles. The number of hydrogen-bond donors (Lipinski definition) is 0. The van der Waals surface area contributed by atoms with E-state index in [9.17, 15) is 4.79 Å². The standard InChI is InChI=1S/C17H25NO2/c1-3-13-18(15-17(19)20-4-2)14-9-8-12-16-10-6-5-7-11-16/h3,5-7,10-11H,1,4,8-9,12-15H2,2H3. The fraction of sp³-hybridized carbons (Fsp3) is 0.471. The molecule has 20 heavy (non-hydrogen) atoms. The molecule has 1 aromatic carbocycles. The highest BCUT2D eigenvalue weighted by Gasteiger charge is 2.09. The van der Waals surface area contributed by atoms with Crippen LogP contribution in [0.1, 0.15) is 25.3 Å². The zero-order valence-corrected chi connectivity index (χ0v) is 12.4. The molecule has 3 nitrogen and oxygen atoms in total. The van der Waals surface area contributed by atoms with Crippen molar-refractivity contribution in [1.82, 2.24) is 4.90 Å². The van der Waals surface area contributed by atoms with Gasteiger partial charge in [0.2, 0.25) is 0 Å². The quantitative estimate of drug-likeness (QED) is 0.373. The molecule has 0 saturated heterocycles. The van der Waals surface area contributed by atoms with Gasteiger partial charge in [-0.15, -0.1) is 6.58 Å². The molecule has 0 N–H and O–H groups in total. The van der Waals surface area contributed by atoms with E-state index in [2.05, 4.69) is 35.7 Å². The fourth-order valence-corrected chi connectivity index (χ4v) is 2.12. The van der Waals surface area contributed by atoms with E-state index in [1.165, 1.54) is 5.56 Å². The van der Waals surface area contributed by atoms with E-state index in [0.717, 1.165) is 32.4 Å². The Bertz CT molecular complexity index is 389. The highest BCUT2D eigenvalue weighted by atomic mass is 16.5. The van der Waals surface area contributed by atoms with Gasteiger partial charge in [-0.05, 0) is 38.3 Å². The number of esters is 1. The third-order valence-corrected chi connectivity index (χ3v) is 3.08. The van der Waals surface area contributed by atoms with Gasteiger partial charge in [0, 0.05) is 6.54 Å². The van der Waals surface area contributed by atoms with Crippen LogP contribution >= 0.6 is 0 Å². The van der Waals surface area contributed by atoms with Gasteiger partial charge in [-0.1, -0.05) is 36.4 Å². The number of rotatable bonds is 10. The maximum Gasteiger partial charge on any atom is 0.320 e. The van der Waals surface area contributed by atoms with Gasteiger partial charge in [0.25, 0.3) is 0 Å². The number of carbonyl (C=O) groups is 1. The molecule has 0 unspecified atom stereocenters. The van der Waals surface area contributed by atoms with Crippen molar-refractivity contribution in [3.05, 3.63) is 48.6 Å². The Morgan fingerprint density at radius 2 is 2.05 bits per heavy atom. The van der Waals surface area contributed by atoms with Gasteiger partial charge < -0.3 is 4.74 Å². The molecule has 0 aliphatic heterocycles. The molecule has 0 bridgehead atoms. The lowest BCUT2D eigenvalue weighted by Crippen LogP contribution is -2.32. The van der Waals surface area contributed by atoms with Crippen LogP contribution in [0.4, 0.5) is 0 Å². The molecule has 0 radical (unpaired) electrons. The fourth-order valence-electron chi connectivity index (χ4n) is 2.12. The second kappa shape index (κ2) is 10.2. The minimum atomic E-state index is -0.155. The van der Waals surface area contributed by atoms with E-state index in [1.54, 1.807) is 0 Å². The Morgan fingerprint density at radius 3 is 2.70 bits per heavy atom. The smallest absolute Gasteiger partial charge is 0.320 e. The molecule has 0 spiro atoms. The maximum atomic E-state index is 11.5. The van der Waals surface area contributed by atoms with E-state index in [4.69, 9.17) is 4.74 Å². The third kappa shape index (κ3) is 7.10.